The van der Waals surface area contributed by atoms with Gasteiger partial charge in [0, 0.05) is 25.2 Å². The van der Waals surface area contributed by atoms with E-state index in [0.29, 0.717) is 6.04 Å². The zero-order valence-electron chi connectivity index (χ0n) is 9.54. The molecule has 2 fully saturated rings. The van der Waals surface area contributed by atoms with Gasteiger partial charge in [-0.25, -0.2) is 0 Å². The van der Waals surface area contributed by atoms with E-state index in [1.54, 1.807) is 0 Å². The van der Waals surface area contributed by atoms with E-state index in [9.17, 15) is 4.79 Å². The molecular weight excluding hydrogens is 228 g/mol. The lowest BCUT2D eigenvalue weighted by molar-refractivity contribution is -0.128. The highest BCUT2D eigenvalue weighted by atomic mass is 35.5. The molecule has 2 rings (SSSR count). The van der Waals surface area contributed by atoms with Gasteiger partial charge in [0.25, 0.3) is 0 Å². The van der Waals surface area contributed by atoms with Gasteiger partial charge in [-0.15, -0.1) is 12.4 Å². The molecule has 4 nitrogen and oxygen atoms in total. The van der Waals surface area contributed by atoms with Gasteiger partial charge >= 0.3 is 0 Å². The van der Waals surface area contributed by atoms with Crippen molar-refractivity contribution in [3.8, 4) is 0 Å². The molecule has 2 saturated heterocycles. The highest BCUT2D eigenvalue weighted by Gasteiger charge is 2.24. The molecule has 0 radical (unpaired) electrons. The molecule has 2 aliphatic heterocycles. The predicted octanol–water partition coefficient (Wildman–Crippen LogP) is 0.703. The molecule has 0 aromatic carbocycles. The van der Waals surface area contributed by atoms with Crippen LogP contribution in [0.5, 0.6) is 0 Å². The number of hydrogen-bond acceptors (Lipinski definition) is 3. The predicted molar refractivity (Wildman–Crippen MR) is 64.8 cm³/mol. The van der Waals surface area contributed by atoms with Crippen LogP contribution in [0.1, 0.15) is 25.7 Å². The number of carbonyl (C=O) groups is 1. The van der Waals surface area contributed by atoms with Crippen molar-refractivity contribution in [2.24, 2.45) is 5.92 Å². The van der Waals surface area contributed by atoms with E-state index >= 15 is 0 Å². The molecule has 2 aliphatic rings. The van der Waals surface area contributed by atoms with E-state index in [0.717, 1.165) is 52.0 Å². The van der Waals surface area contributed by atoms with Crippen molar-refractivity contribution in [2.45, 2.75) is 31.7 Å². The zero-order chi connectivity index (χ0) is 10.5. The van der Waals surface area contributed by atoms with Gasteiger partial charge in [-0.3, -0.25) is 4.79 Å². The topological polar surface area (TPSA) is 50.4 Å². The van der Waals surface area contributed by atoms with Crippen molar-refractivity contribution in [3.63, 3.8) is 0 Å². The number of piperidine rings is 1. The molecule has 0 aromatic rings. The van der Waals surface area contributed by atoms with Crippen molar-refractivity contribution >= 4 is 18.3 Å². The lowest BCUT2D eigenvalue weighted by atomic mass is 9.98. The van der Waals surface area contributed by atoms with Gasteiger partial charge in [0.05, 0.1) is 0 Å². The van der Waals surface area contributed by atoms with Crippen LogP contribution in [0.15, 0.2) is 0 Å². The van der Waals surface area contributed by atoms with Crippen LogP contribution in [0.2, 0.25) is 0 Å². The molecule has 0 unspecified atom stereocenters. The number of rotatable bonds is 2. The average Bonchev–Trinajstić information content (AvgIpc) is 2.31. The standard InChI is InChI=1S/C11H20N2O2.ClH/c14-11(9-3-7-15-8-4-9)13-10-1-5-12-6-2-10;/h9-10,12H,1-8H2,(H,13,14);1H. The number of amides is 1. The van der Waals surface area contributed by atoms with E-state index in [2.05, 4.69) is 10.6 Å². The van der Waals surface area contributed by atoms with Gasteiger partial charge in [-0.05, 0) is 38.8 Å². The lowest BCUT2D eigenvalue weighted by Gasteiger charge is -2.27. The number of hydrogen-bond donors (Lipinski definition) is 2. The highest BCUT2D eigenvalue weighted by Crippen LogP contribution is 2.15. The van der Waals surface area contributed by atoms with Crippen LogP contribution in [-0.4, -0.2) is 38.3 Å². The summed E-state index contributed by atoms with van der Waals surface area (Å²) >= 11 is 0. The third-order valence-corrected chi connectivity index (χ3v) is 3.28. The van der Waals surface area contributed by atoms with Crippen molar-refractivity contribution in [3.05, 3.63) is 0 Å². The summed E-state index contributed by atoms with van der Waals surface area (Å²) < 4.78 is 5.25. The largest absolute Gasteiger partial charge is 0.381 e. The Kier molecular flexibility index (Phi) is 6.09. The monoisotopic (exact) mass is 248 g/mol. The Morgan fingerprint density at radius 2 is 1.75 bits per heavy atom. The van der Waals surface area contributed by atoms with Crippen LogP contribution < -0.4 is 10.6 Å². The zero-order valence-corrected chi connectivity index (χ0v) is 10.4. The molecule has 94 valence electrons. The maximum absolute atomic E-state index is 11.9. The van der Waals surface area contributed by atoms with Crippen LogP contribution in [-0.2, 0) is 9.53 Å². The molecular formula is C11H21ClN2O2. The van der Waals surface area contributed by atoms with Crippen LogP contribution in [0.3, 0.4) is 0 Å². The molecule has 5 heteroatoms. The molecule has 0 bridgehead atoms. The second-order valence-electron chi connectivity index (χ2n) is 4.42. The average molecular weight is 249 g/mol. The fourth-order valence-electron chi connectivity index (χ4n) is 2.25. The van der Waals surface area contributed by atoms with Gasteiger partial charge in [0.1, 0.15) is 0 Å². The fourth-order valence-corrected chi connectivity index (χ4v) is 2.25. The Labute approximate surface area is 103 Å². The molecule has 16 heavy (non-hydrogen) atoms. The van der Waals surface area contributed by atoms with Crippen LogP contribution in [0.25, 0.3) is 0 Å². The summed E-state index contributed by atoms with van der Waals surface area (Å²) in [6.45, 7) is 3.53. The number of nitrogens with one attached hydrogen (secondary N) is 2. The van der Waals surface area contributed by atoms with E-state index in [4.69, 9.17) is 4.74 Å². The minimum absolute atomic E-state index is 0. The maximum atomic E-state index is 11.9. The van der Waals surface area contributed by atoms with Gasteiger partial charge in [-0.2, -0.15) is 0 Å². The third kappa shape index (κ3) is 3.92. The van der Waals surface area contributed by atoms with Gasteiger partial charge < -0.3 is 15.4 Å². The van der Waals surface area contributed by atoms with Gasteiger partial charge in [0.15, 0.2) is 0 Å². The Hall–Kier alpha value is -0.320. The molecule has 0 saturated carbocycles. The van der Waals surface area contributed by atoms with Gasteiger partial charge in [0.2, 0.25) is 5.91 Å². The summed E-state index contributed by atoms with van der Waals surface area (Å²) in [5.74, 6) is 0.429. The maximum Gasteiger partial charge on any atom is 0.223 e. The van der Waals surface area contributed by atoms with E-state index in [1.807, 2.05) is 0 Å². The van der Waals surface area contributed by atoms with Crippen LogP contribution >= 0.6 is 12.4 Å². The van der Waals surface area contributed by atoms with Crippen molar-refractivity contribution in [1.82, 2.24) is 10.6 Å². The minimum atomic E-state index is 0. The number of halogens is 1. The van der Waals surface area contributed by atoms with E-state index in [-0.39, 0.29) is 24.2 Å². The first kappa shape index (κ1) is 13.7. The van der Waals surface area contributed by atoms with Crippen molar-refractivity contribution in [2.75, 3.05) is 26.3 Å². The Bertz CT molecular complexity index is 214. The Morgan fingerprint density at radius 3 is 2.38 bits per heavy atom. The second kappa shape index (κ2) is 7.09. The normalized spacial score (nSPS) is 23.5. The van der Waals surface area contributed by atoms with Crippen molar-refractivity contribution < 1.29 is 9.53 Å². The van der Waals surface area contributed by atoms with Crippen LogP contribution in [0.4, 0.5) is 0 Å². The highest BCUT2D eigenvalue weighted by molar-refractivity contribution is 5.85. The molecule has 0 aliphatic carbocycles. The first-order valence-corrected chi connectivity index (χ1v) is 5.95. The summed E-state index contributed by atoms with van der Waals surface area (Å²) in [5, 5.41) is 6.45. The quantitative estimate of drug-likeness (QED) is 0.757. The minimum Gasteiger partial charge on any atom is -0.381 e. The molecule has 2 heterocycles. The molecule has 0 atom stereocenters. The Balaban J connectivity index is 0.00000128. The summed E-state index contributed by atoms with van der Waals surface area (Å²) in [6, 6.07) is 0.390. The van der Waals surface area contributed by atoms with Gasteiger partial charge in [-0.1, -0.05) is 0 Å². The van der Waals surface area contributed by atoms with Crippen LogP contribution in [0, 0.1) is 5.92 Å². The van der Waals surface area contributed by atoms with E-state index < -0.39 is 0 Å². The smallest absolute Gasteiger partial charge is 0.223 e. The molecule has 0 aromatic heterocycles. The molecule has 1 amide bonds. The molecule has 0 spiro atoms. The number of carbonyl (C=O) groups excluding carboxylic acids is 1. The number of ether oxygens (including phenoxy) is 1. The van der Waals surface area contributed by atoms with E-state index in [1.165, 1.54) is 0 Å². The second-order valence-corrected chi connectivity index (χ2v) is 4.42. The fraction of sp³-hybridized carbons (Fsp3) is 0.909. The lowest BCUT2D eigenvalue weighted by Crippen LogP contribution is -2.45. The first-order chi connectivity index (χ1) is 7.36. The first-order valence-electron chi connectivity index (χ1n) is 5.95. The summed E-state index contributed by atoms with van der Waals surface area (Å²) in [4.78, 5) is 11.9. The SMILES string of the molecule is Cl.O=C(NC1CCNCC1)C1CCOCC1. The summed E-state index contributed by atoms with van der Waals surface area (Å²) in [6.07, 6.45) is 3.90. The third-order valence-electron chi connectivity index (χ3n) is 3.28. The molecule has 2 N–H and O–H groups in total. The summed E-state index contributed by atoms with van der Waals surface area (Å²) in [5.41, 5.74) is 0. The Morgan fingerprint density at radius 1 is 1.12 bits per heavy atom. The van der Waals surface area contributed by atoms with Crippen molar-refractivity contribution in [1.29, 1.82) is 0 Å². The summed E-state index contributed by atoms with van der Waals surface area (Å²) in [7, 11) is 0.